The van der Waals surface area contributed by atoms with Crippen molar-refractivity contribution in [2.24, 2.45) is 0 Å². The molecule has 0 aromatic carbocycles. The van der Waals surface area contributed by atoms with E-state index in [1.807, 2.05) is 0 Å². The molecule has 0 aromatic rings. The van der Waals surface area contributed by atoms with Crippen LogP contribution in [0.25, 0.3) is 0 Å². The highest BCUT2D eigenvalue weighted by Crippen LogP contribution is 2.31. The first-order valence-corrected chi connectivity index (χ1v) is 5.67. The lowest BCUT2D eigenvalue weighted by atomic mass is 10.2. The molecule has 0 unspecified atom stereocenters. The zero-order valence-electron chi connectivity index (χ0n) is 9.91. The summed E-state index contributed by atoms with van der Waals surface area (Å²) in [6.07, 6.45) is 0. The number of carbonyl (C=O) groups excluding carboxylic acids is 3. The standard InChI is InChI=1S/C9H12F3NO4S/c1-5(14)13(6(2)15)7(8(16)17-3)4-18-9(10,11)12/h7H,4H2,1-3H3/t7-/m0/s1. The van der Waals surface area contributed by atoms with Gasteiger partial charge in [-0.25, -0.2) is 4.79 Å². The number of ether oxygens (including phenoxy) is 1. The van der Waals surface area contributed by atoms with E-state index in [0.717, 1.165) is 21.0 Å². The maximum Gasteiger partial charge on any atom is 0.441 e. The molecule has 0 aliphatic carbocycles. The normalized spacial score (nSPS) is 12.8. The lowest BCUT2D eigenvalue weighted by Gasteiger charge is -2.26. The van der Waals surface area contributed by atoms with Gasteiger partial charge < -0.3 is 4.74 Å². The summed E-state index contributed by atoms with van der Waals surface area (Å²) in [6.45, 7) is 1.96. The summed E-state index contributed by atoms with van der Waals surface area (Å²) in [7, 11) is 0.964. The Kier molecular flexibility index (Phi) is 6.16. The van der Waals surface area contributed by atoms with Crippen molar-refractivity contribution < 1.29 is 32.3 Å². The molecule has 9 heteroatoms. The maximum absolute atomic E-state index is 12.1. The van der Waals surface area contributed by atoms with E-state index in [-0.39, 0.29) is 0 Å². The summed E-state index contributed by atoms with van der Waals surface area (Å²) >= 11 is -0.498. The molecule has 0 rings (SSSR count). The second-order valence-electron chi connectivity index (χ2n) is 3.20. The summed E-state index contributed by atoms with van der Waals surface area (Å²) in [5.41, 5.74) is -4.56. The second kappa shape index (κ2) is 6.62. The Morgan fingerprint density at radius 1 is 1.22 bits per heavy atom. The van der Waals surface area contributed by atoms with Crippen molar-refractivity contribution in [3.63, 3.8) is 0 Å². The van der Waals surface area contributed by atoms with Crippen molar-refractivity contribution in [3.05, 3.63) is 0 Å². The molecule has 0 N–H and O–H groups in total. The molecule has 0 aliphatic rings. The average Bonchev–Trinajstić information content (AvgIpc) is 2.20. The van der Waals surface area contributed by atoms with E-state index in [2.05, 4.69) is 4.74 Å². The molecule has 104 valence electrons. The molecule has 0 saturated heterocycles. The Morgan fingerprint density at radius 2 is 1.67 bits per heavy atom. The van der Waals surface area contributed by atoms with Crippen molar-refractivity contribution in [2.45, 2.75) is 25.4 Å². The van der Waals surface area contributed by atoms with E-state index >= 15 is 0 Å². The molecular formula is C9H12F3NO4S. The number of rotatable bonds is 4. The van der Waals surface area contributed by atoms with E-state index in [4.69, 9.17) is 0 Å². The number of hydrogen-bond acceptors (Lipinski definition) is 5. The third-order valence-corrected chi connectivity index (χ3v) is 2.68. The van der Waals surface area contributed by atoms with E-state index in [9.17, 15) is 27.6 Å². The van der Waals surface area contributed by atoms with Gasteiger partial charge in [0.1, 0.15) is 6.04 Å². The van der Waals surface area contributed by atoms with Crippen LogP contribution in [0.1, 0.15) is 13.8 Å². The number of carbonyl (C=O) groups is 3. The van der Waals surface area contributed by atoms with Crippen LogP contribution in [-0.2, 0) is 19.1 Å². The highest BCUT2D eigenvalue weighted by Gasteiger charge is 2.37. The van der Waals surface area contributed by atoms with E-state index in [0.29, 0.717) is 4.90 Å². The minimum atomic E-state index is -4.56. The topological polar surface area (TPSA) is 63.7 Å². The molecule has 0 heterocycles. The Balaban J connectivity index is 5.03. The lowest BCUT2D eigenvalue weighted by molar-refractivity contribution is -0.157. The molecule has 0 radical (unpaired) electrons. The molecule has 0 bridgehead atoms. The maximum atomic E-state index is 12.1. The predicted octanol–water partition coefficient (Wildman–Crippen LogP) is 1.18. The van der Waals surface area contributed by atoms with E-state index < -0.39 is 46.8 Å². The van der Waals surface area contributed by atoms with Gasteiger partial charge in [-0.05, 0) is 11.8 Å². The summed E-state index contributed by atoms with van der Waals surface area (Å²) in [6, 6.07) is -1.59. The van der Waals surface area contributed by atoms with Crippen LogP contribution in [0.3, 0.4) is 0 Å². The molecule has 0 aromatic heterocycles. The summed E-state index contributed by atoms with van der Waals surface area (Å²) in [5.74, 6) is -3.51. The fourth-order valence-electron chi connectivity index (χ4n) is 1.22. The van der Waals surface area contributed by atoms with Gasteiger partial charge in [0.05, 0.1) is 7.11 Å². The SMILES string of the molecule is COC(=O)[C@H](CSC(F)(F)F)N(C(C)=O)C(C)=O. The molecule has 18 heavy (non-hydrogen) atoms. The number of nitrogens with zero attached hydrogens (tertiary/aromatic N) is 1. The van der Waals surface area contributed by atoms with Crippen molar-refractivity contribution in [1.29, 1.82) is 0 Å². The minimum Gasteiger partial charge on any atom is -0.467 e. The molecular weight excluding hydrogens is 275 g/mol. The first kappa shape index (κ1) is 16.8. The molecule has 0 spiro atoms. The van der Waals surface area contributed by atoms with E-state index in [1.54, 1.807) is 0 Å². The molecule has 5 nitrogen and oxygen atoms in total. The van der Waals surface area contributed by atoms with Crippen LogP contribution in [0, 0.1) is 0 Å². The van der Waals surface area contributed by atoms with Gasteiger partial charge in [0.2, 0.25) is 11.8 Å². The van der Waals surface area contributed by atoms with Crippen LogP contribution >= 0.6 is 11.8 Å². The first-order chi connectivity index (χ1) is 8.10. The lowest BCUT2D eigenvalue weighted by Crippen LogP contribution is -2.49. The number of amides is 2. The van der Waals surface area contributed by atoms with Crippen molar-refractivity contribution >= 4 is 29.5 Å². The number of hydrogen-bond donors (Lipinski definition) is 0. The molecule has 0 saturated carbocycles. The van der Waals surface area contributed by atoms with Crippen LogP contribution in [0.15, 0.2) is 0 Å². The summed E-state index contributed by atoms with van der Waals surface area (Å²) in [4.78, 5) is 34.1. The monoisotopic (exact) mass is 287 g/mol. The summed E-state index contributed by atoms with van der Waals surface area (Å²) in [5, 5.41) is 0. The quantitative estimate of drug-likeness (QED) is 0.726. The van der Waals surface area contributed by atoms with Gasteiger partial charge in [0, 0.05) is 19.6 Å². The van der Waals surface area contributed by atoms with Crippen LogP contribution in [0.4, 0.5) is 13.2 Å². The van der Waals surface area contributed by atoms with Crippen molar-refractivity contribution in [1.82, 2.24) is 4.90 Å². The van der Waals surface area contributed by atoms with Crippen molar-refractivity contribution in [2.75, 3.05) is 12.9 Å². The molecule has 1 atom stereocenters. The van der Waals surface area contributed by atoms with Crippen LogP contribution in [0.5, 0.6) is 0 Å². The van der Waals surface area contributed by atoms with E-state index in [1.165, 1.54) is 0 Å². The predicted molar refractivity (Wildman–Crippen MR) is 57.5 cm³/mol. The highest BCUT2D eigenvalue weighted by molar-refractivity contribution is 8.00. The van der Waals surface area contributed by atoms with Gasteiger partial charge in [0.25, 0.3) is 0 Å². The fourth-order valence-corrected chi connectivity index (χ4v) is 1.85. The molecule has 0 fully saturated rings. The number of alkyl halides is 3. The second-order valence-corrected chi connectivity index (χ2v) is 4.29. The Hall–Kier alpha value is -1.25. The van der Waals surface area contributed by atoms with Crippen molar-refractivity contribution in [3.8, 4) is 0 Å². The highest BCUT2D eigenvalue weighted by atomic mass is 32.2. The third-order valence-electron chi connectivity index (χ3n) is 1.87. The van der Waals surface area contributed by atoms with Gasteiger partial charge in [0.15, 0.2) is 0 Å². The number of esters is 1. The van der Waals surface area contributed by atoms with Gasteiger partial charge in [-0.15, -0.1) is 0 Å². The summed E-state index contributed by atoms with van der Waals surface area (Å²) < 4.78 is 40.5. The Labute approximate surface area is 106 Å². The van der Waals surface area contributed by atoms with Crippen LogP contribution in [0.2, 0.25) is 0 Å². The van der Waals surface area contributed by atoms with Crippen LogP contribution < -0.4 is 0 Å². The molecule has 2 amide bonds. The van der Waals surface area contributed by atoms with Crippen LogP contribution in [-0.4, -0.2) is 47.1 Å². The number of thioether (sulfide) groups is 1. The largest absolute Gasteiger partial charge is 0.467 e. The zero-order chi connectivity index (χ0) is 14.5. The van der Waals surface area contributed by atoms with Gasteiger partial charge in [-0.2, -0.15) is 13.2 Å². The fraction of sp³-hybridized carbons (Fsp3) is 0.667. The number of methoxy groups -OCH3 is 1. The smallest absolute Gasteiger partial charge is 0.441 e. The number of imide groups is 1. The van der Waals surface area contributed by atoms with Gasteiger partial charge in [-0.3, -0.25) is 14.5 Å². The molecule has 0 aliphatic heterocycles. The van der Waals surface area contributed by atoms with Gasteiger partial charge in [-0.1, -0.05) is 0 Å². The Bertz CT molecular complexity index is 331. The zero-order valence-corrected chi connectivity index (χ0v) is 10.7. The van der Waals surface area contributed by atoms with Gasteiger partial charge >= 0.3 is 11.5 Å². The number of halogens is 3. The minimum absolute atomic E-state index is 0.449. The Morgan fingerprint density at radius 3 is 1.94 bits per heavy atom. The average molecular weight is 287 g/mol. The third kappa shape index (κ3) is 5.39. The first-order valence-electron chi connectivity index (χ1n) is 4.69.